The van der Waals surface area contributed by atoms with Gasteiger partial charge >= 0.3 is 5.82 Å². The number of halogens is 2. The second-order valence-electron chi connectivity index (χ2n) is 2.17. The Kier molecular flexibility index (Phi) is 3.07. The molecule has 0 fully saturated rings. The van der Waals surface area contributed by atoms with E-state index in [4.69, 9.17) is 10.7 Å². The maximum atomic E-state index is 10.9. The lowest BCUT2D eigenvalue weighted by molar-refractivity contribution is -0.389. The lowest BCUT2D eigenvalue weighted by Gasteiger charge is -1.97. The van der Waals surface area contributed by atoms with Crippen LogP contribution in [0.15, 0.2) is 21.6 Å². The molecule has 0 amide bonds. The highest BCUT2D eigenvalue weighted by atomic mass is 79.9. The van der Waals surface area contributed by atoms with E-state index in [1.165, 1.54) is 0 Å². The number of hydrogen-bond donors (Lipinski definition) is 0. The van der Waals surface area contributed by atoms with Crippen molar-refractivity contribution in [2.24, 2.45) is 0 Å². The van der Waals surface area contributed by atoms with Crippen molar-refractivity contribution in [3.63, 3.8) is 0 Å². The summed E-state index contributed by atoms with van der Waals surface area (Å²) < 4.78 is 21.9. The molecular weight excluding hydrogens is 299 g/mol. The molecule has 1 aromatic heterocycles. The van der Waals surface area contributed by atoms with Crippen molar-refractivity contribution in [3.8, 4) is 0 Å². The van der Waals surface area contributed by atoms with Crippen molar-refractivity contribution in [3.05, 3.63) is 26.9 Å². The molecule has 0 aliphatic heterocycles. The molecule has 1 aromatic rings. The number of pyridine rings is 1. The van der Waals surface area contributed by atoms with Gasteiger partial charge in [0.05, 0.1) is 10.5 Å². The average Bonchev–Trinajstić information content (AvgIpc) is 2.02. The lowest BCUT2D eigenvalue weighted by atomic mass is 10.5. The van der Waals surface area contributed by atoms with Gasteiger partial charge in [-0.05, 0) is 25.8 Å². The van der Waals surface area contributed by atoms with Crippen molar-refractivity contribution in [1.82, 2.24) is 4.98 Å². The molecule has 0 bridgehead atoms. The number of rotatable bonds is 2. The molecule has 0 saturated heterocycles. The van der Waals surface area contributed by atoms with Crippen LogP contribution < -0.4 is 0 Å². The Morgan fingerprint density at radius 1 is 1.57 bits per heavy atom. The van der Waals surface area contributed by atoms with Gasteiger partial charge in [0.1, 0.15) is 4.90 Å². The van der Waals surface area contributed by atoms with Gasteiger partial charge in [-0.3, -0.25) is 0 Å². The second-order valence-corrected chi connectivity index (χ2v) is 5.56. The summed E-state index contributed by atoms with van der Waals surface area (Å²) in [6.45, 7) is 0. The molecule has 1 heterocycles. The zero-order valence-corrected chi connectivity index (χ0v) is 9.50. The van der Waals surface area contributed by atoms with Gasteiger partial charge in [-0.25, -0.2) is 8.42 Å². The van der Waals surface area contributed by atoms with Gasteiger partial charge in [-0.1, -0.05) is 0 Å². The molecule has 0 aliphatic carbocycles. The molecule has 0 atom stereocenters. The Hall–Kier alpha value is -0.730. The second kappa shape index (κ2) is 3.79. The molecule has 76 valence electrons. The van der Waals surface area contributed by atoms with E-state index in [9.17, 15) is 18.5 Å². The summed E-state index contributed by atoms with van der Waals surface area (Å²) in [5.74, 6) is -0.576. The maximum absolute atomic E-state index is 10.9. The third-order valence-corrected chi connectivity index (χ3v) is 3.51. The molecule has 9 heteroatoms. The van der Waals surface area contributed by atoms with Crippen LogP contribution in [0, 0.1) is 10.1 Å². The van der Waals surface area contributed by atoms with Crippen LogP contribution in [0.2, 0.25) is 0 Å². The van der Waals surface area contributed by atoms with Crippen molar-refractivity contribution in [1.29, 1.82) is 0 Å². The smallest absolute Gasteiger partial charge is 0.358 e. The van der Waals surface area contributed by atoms with Crippen LogP contribution in [-0.2, 0) is 9.05 Å². The number of nitro groups is 1. The zero-order chi connectivity index (χ0) is 10.9. The van der Waals surface area contributed by atoms with E-state index in [0.717, 1.165) is 12.3 Å². The minimum Gasteiger partial charge on any atom is -0.358 e. The summed E-state index contributed by atoms with van der Waals surface area (Å²) in [5.41, 5.74) is 0. The van der Waals surface area contributed by atoms with Gasteiger partial charge in [0.15, 0.2) is 6.20 Å². The number of aromatic nitrogens is 1. The highest BCUT2D eigenvalue weighted by Crippen LogP contribution is 2.26. The molecule has 0 N–H and O–H groups in total. The van der Waals surface area contributed by atoms with E-state index >= 15 is 0 Å². The molecule has 1 rings (SSSR count). The third-order valence-electron chi connectivity index (χ3n) is 1.26. The summed E-state index contributed by atoms with van der Waals surface area (Å²) >= 11 is 2.87. The Bertz CT molecular complexity index is 489. The fourth-order valence-electron chi connectivity index (χ4n) is 0.697. The average molecular weight is 302 g/mol. The first-order valence-corrected chi connectivity index (χ1v) is 6.17. The molecule has 0 spiro atoms. The van der Waals surface area contributed by atoms with Gasteiger partial charge in [-0.15, -0.1) is 0 Å². The van der Waals surface area contributed by atoms with Crippen molar-refractivity contribution < 1.29 is 13.3 Å². The fourth-order valence-corrected chi connectivity index (χ4v) is 2.75. The molecule has 14 heavy (non-hydrogen) atoms. The van der Waals surface area contributed by atoms with Crippen LogP contribution in [0.3, 0.4) is 0 Å². The Labute approximate surface area is 91.6 Å². The van der Waals surface area contributed by atoms with E-state index in [1.54, 1.807) is 0 Å². The van der Waals surface area contributed by atoms with E-state index in [1.807, 2.05) is 0 Å². The SMILES string of the molecule is O=[N+]([O-])c1cc(S(=O)(=O)Cl)c(Br)cn1. The summed E-state index contributed by atoms with van der Waals surface area (Å²) in [7, 11) is 1.02. The molecule has 0 aliphatic rings. The first kappa shape index (κ1) is 11.3. The van der Waals surface area contributed by atoms with E-state index in [-0.39, 0.29) is 9.37 Å². The van der Waals surface area contributed by atoms with Crippen LogP contribution in [-0.4, -0.2) is 18.3 Å². The summed E-state index contributed by atoms with van der Waals surface area (Å²) in [4.78, 5) is 12.5. The van der Waals surface area contributed by atoms with Crippen LogP contribution >= 0.6 is 26.6 Å². The van der Waals surface area contributed by atoms with Crippen LogP contribution in [0.5, 0.6) is 0 Å². The van der Waals surface area contributed by atoms with E-state index in [2.05, 4.69) is 20.9 Å². The van der Waals surface area contributed by atoms with Crippen molar-refractivity contribution in [2.45, 2.75) is 4.90 Å². The zero-order valence-electron chi connectivity index (χ0n) is 6.35. The fraction of sp³-hybridized carbons (Fsp3) is 0. The van der Waals surface area contributed by atoms with Gasteiger partial charge < -0.3 is 10.1 Å². The molecule has 0 radical (unpaired) electrons. The van der Waals surface area contributed by atoms with Crippen LogP contribution in [0.25, 0.3) is 0 Å². The first-order chi connectivity index (χ1) is 6.32. The van der Waals surface area contributed by atoms with Gasteiger partial charge in [0.25, 0.3) is 9.05 Å². The van der Waals surface area contributed by atoms with Crippen molar-refractivity contribution in [2.75, 3.05) is 0 Å². The van der Waals surface area contributed by atoms with Gasteiger partial charge in [0, 0.05) is 10.7 Å². The normalized spacial score (nSPS) is 11.3. The van der Waals surface area contributed by atoms with E-state index < -0.39 is 19.8 Å². The lowest BCUT2D eigenvalue weighted by Crippen LogP contribution is -1.97. The van der Waals surface area contributed by atoms with Gasteiger partial charge in [-0.2, -0.15) is 0 Å². The quantitative estimate of drug-likeness (QED) is 0.471. The van der Waals surface area contributed by atoms with E-state index in [0.29, 0.717) is 0 Å². The Morgan fingerprint density at radius 2 is 2.14 bits per heavy atom. The van der Waals surface area contributed by atoms with Crippen LogP contribution in [0.4, 0.5) is 5.82 Å². The molecule has 0 unspecified atom stereocenters. The maximum Gasteiger partial charge on any atom is 0.364 e. The third kappa shape index (κ3) is 2.40. The highest BCUT2D eigenvalue weighted by molar-refractivity contribution is 9.10. The number of hydrogen-bond acceptors (Lipinski definition) is 5. The predicted octanol–water partition coefficient (Wildman–Crippen LogP) is 1.68. The summed E-state index contributed by atoms with van der Waals surface area (Å²) in [6.07, 6.45) is 1.01. The van der Waals surface area contributed by atoms with Crippen LogP contribution in [0.1, 0.15) is 0 Å². The minimum atomic E-state index is -4.01. The molecule has 0 saturated carbocycles. The van der Waals surface area contributed by atoms with Crippen molar-refractivity contribution >= 4 is 41.5 Å². The largest absolute Gasteiger partial charge is 0.364 e. The summed E-state index contributed by atoms with van der Waals surface area (Å²) in [6, 6.07) is 0.784. The highest BCUT2D eigenvalue weighted by Gasteiger charge is 2.20. The Balaban J connectivity index is 3.44. The Morgan fingerprint density at radius 3 is 2.57 bits per heavy atom. The number of nitrogens with zero attached hydrogens (tertiary/aromatic N) is 2. The monoisotopic (exact) mass is 300 g/mol. The topological polar surface area (TPSA) is 90.2 Å². The predicted molar refractivity (Wildman–Crippen MR) is 51.6 cm³/mol. The van der Waals surface area contributed by atoms with Gasteiger partial charge in [0.2, 0.25) is 0 Å². The standard InChI is InChI=1S/C5H2BrClN2O4S/c6-3-2-8-5(9(10)11)1-4(3)14(7,12)13/h1-2H. The molecule has 6 nitrogen and oxygen atoms in total. The molecule has 0 aromatic carbocycles. The first-order valence-electron chi connectivity index (χ1n) is 3.07. The summed E-state index contributed by atoms with van der Waals surface area (Å²) in [5, 5.41) is 10.3. The minimum absolute atomic E-state index is 0.0816. The molecular formula is C5H2BrClN2O4S.